The normalized spacial score (nSPS) is 11.4. The van der Waals surface area contributed by atoms with Crippen LogP contribution in [-0.4, -0.2) is 44.7 Å². The van der Waals surface area contributed by atoms with Gasteiger partial charge in [0.2, 0.25) is 0 Å². The van der Waals surface area contributed by atoms with Crippen molar-refractivity contribution in [3.63, 3.8) is 0 Å². The van der Waals surface area contributed by atoms with Gasteiger partial charge in [0.15, 0.2) is 11.5 Å². The summed E-state index contributed by atoms with van der Waals surface area (Å²) in [4.78, 5) is 19.0. The van der Waals surface area contributed by atoms with Gasteiger partial charge in [0.25, 0.3) is 0 Å². The Hall–Kier alpha value is -2.40. The maximum atomic E-state index is 10.6. The van der Waals surface area contributed by atoms with Gasteiger partial charge in [-0.3, -0.25) is 4.40 Å². The molecule has 0 spiro atoms. The molecule has 0 atom stereocenters. The third-order valence-corrected chi connectivity index (χ3v) is 3.78. The number of aryl methyl sites for hydroxylation is 1. The lowest BCUT2D eigenvalue weighted by atomic mass is 10.4. The maximum Gasteiger partial charge on any atom is 0.490 e. The molecular formula is C13H14F3N5O2S. The highest BCUT2D eigenvalue weighted by Gasteiger charge is 2.38. The van der Waals surface area contributed by atoms with E-state index in [0.717, 1.165) is 27.5 Å². The number of aliphatic carboxylic acids is 1. The fraction of sp³-hybridized carbons (Fsp3) is 0.308. The van der Waals surface area contributed by atoms with E-state index >= 15 is 0 Å². The molecule has 3 heterocycles. The van der Waals surface area contributed by atoms with E-state index in [4.69, 9.17) is 15.6 Å². The van der Waals surface area contributed by atoms with Crippen LogP contribution in [0.4, 0.5) is 19.0 Å². The summed E-state index contributed by atoms with van der Waals surface area (Å²) in [5.74, 6) is -1.96. The molecule has 0 amide bonds. The summed E-state index contributed by atoms with van der Waals surface area (Å²) in [6, 6.07) is 2.02. The topological polar surface area (TPSA) is 106 Å². The first-order valence-electron chi connectivity index (χ1n) is 6.71. The average molecular weight is 361 g/mol. The SMILES string of the molecule is Cc1cnc2c(NCCN)nc3ccsc3n12.O=C(O)C(F)(F)F. The van der Waals surface area contributed by atoms with E-state index in [0.29, 0.717) is 13.1 Å². The Balaban J connectivity index is 0.000000256. The molecule has 0 aromatic carbocycles. The minimum atomic E-state index is -5.08. The van der Waals surface area contributed by atoms with Crippen molar-refractivity contribution in [2.24, 2.45) is 5.73 Å². The van der Waals surface area contributed by atoms with E-state index in [9.17, 15) is 13.2 Å². The molecule has 0 saturated heterocycles. The summed E-state index contributed by atoms with van der Waals surface area (Å²) in [7, 11) is 0. The summed E-state index contributed by atoms with van der Waals surface area (Å²) >= 11 is 1.68. The molecule has 24 heavy (non-hydrogen) atoms. The molecule has 0 aliphatic carbocycles. The molecule has 7 nitrogen and oxygen atoms in total. The van der Waals surface area contributed by atoms with Crippen LogP contribution < -0.4 is 11.1 Å². The van der Waals surface area contributed by atoms with Gasteiger partial charge >= 0.3 is 12.1 Å². The molecule has 130 valence electrons. The second kappa shape index (κ2) is 7.01. The van der Waals surface area contributed by atoms with Gasteiger partial charge in [-0.15, -0.1) is 11.3 Å². The Kier molecular flexibility index (Phi) is 5.24. The average Bonchev–Trinajstić information content (AvgIpc) is 3.10. The number of anilines is 1. The number of alkyl halides is 3. The van der Waals surface area contributed by atoms with Crippen LogP contribution in [0, 0.1) is 6.92 Å². The van der Waals surface area contributed by atoms with Gasteiger partial charge in [0.1, 0.15) is 10.3 Å². The molecule has 0 radical (unpaired) electrons. The number of nitrogens with two attached hydrogens (primary N) is 1. The van der Waals surface area contributed by atoms with Gasteiger partial charge in [-0.25, -0.2) is 14.8 Å². The largest absolute Gasteiger partial charge is 0.490 e. The summed E-state index contributed by atoms with van der Waals surface area (Å²) < 4.78 is 33.9. The van der Waals surface area contributed by atoms with Crippen LogP contribution in [0.15, 0.2) is 17.6 Å². The summed E-state index contributed by atoms with van der Waals surface area (Å²) in [5, 5.41) is 12.4. The number of hydrogen-bond acceptors (Lipinski definition) is 6. The number of imidazole rings is 1. The standard InChI is InChI=1S/C11H13N5S.C2HF3O2/c1-7-6-14-10-9(13-4-3-12)15-8-2-5-17-11(8)16(7)10;3-2(4,5)1(6)7/h2,5-6H,3-4,12H2,1H3,(H,13,15);(H,6,7). The highest BCUT2D eigenvalue weighted by Crippen LogP contribution is 2.26. The zero-order valence-electron chi connectivity index (χ0n) is 12.5. The summed E-state index contributed by atoms with van der Waals surface area (Å²) in [6.45, 7) is 3.32. The molecule has 3 rings (SSSR count). The zero-order chi connectivity index (χ0) is 17.9. The van der Waals surface area contributed by atoms with Gasteiger partial charge in [-0.1, -0.05) is 0 Å². The highest BCUT2D eigenvalue weighted by atomic mass is 32.1. The molecule has 0 aliphatic heterocycles. The van der Waals surface area contributed by atoms with E-state index in [-0.39, 0.29) is 0 Å². The van der Waals surface area contributed by atoms with Gasteiger partial charge in [0.05, 0.1) is 0 Å². The molecule has 0 unspecified atom stereocenters. The number of nitrogens with one attached hydrogen (secondary N) is 1. The van der Waals surface area contributed by atoms with Gasteiger partial charge < -0.3 is 16.2 Å². The Morgan fingerprint density at radius 1 is 1.50 bits per heavy atom. The fourth-order valence-corrected chi connectivity index (χ4v) is 2.78. The maximum absolute atomic E-state index is 10.6. The van der Waals surface area contributed by atoms with Crippen LogP contribution in [0.3, 0.4) is 0 Å². The Morgan fingerprint density at radius 2 is 2.17 bits per heavy atom. The number of carboxylic acids is 1. The first-order chi connectivity index (χ1) is 11.3. The number of thiophene rings is 1. The van der Waals surface area contributed by atoms with Crippen LogP contribution in [0.25, 0.3) is 16.0 Å². The first-order valence-corrected chi connectivity index (χ1v) is 7.59. The third kappa shape index (κ3) is 3.74. The molecule has 4 N–H and O–H groups in total. The van der Waals surface area contributed by atoms with Crippen molar-refractivity contribution >= 4 is 39.1 Å². The predicted octanol–water partition coefficient (Wildman–Crippen LogP) is 2.26. The number of carbonyl (C=O) groups is 1. The number of nitrogens with zero attached hydrogens (tertiary/aromatic N) is 3. The van der Waals surface area contributed by atoms with E-state index in [2.05, 4.69) is 19.7 Å². The van der Waals surface area contributed by atoms with Crippen molar-refractivity contribution in [2.45, 2.75) is 13.1 Å². The fourth-order valence-electron chi connectivity index (χ4n) is 1.89. The smallest absolute Gasteiger partial charge is 0.475 e. The Bertz CT molecular complexity index is 858. The van der Waals surface area contributed by atoms with Gasteiger partial charge in [-0.2, -0.15) is 13.2 Å². The van der Waals surface area contributed by atoms with E-state index < -0.39 is 12.1 Å². The number of fused-ring (bicyclic) bond motifs is 3. The second-order valence-corrected chi connectivity index (χ2v) is 5.54. The minimum Gasteiger partial charge on any atom is -0.475 e. The monoisotopic (exact) mass is 361 g/mol. The van der Waals surface area contributed by atoms with E-state index in [1.54, 1.807) is 11.3 Å². The quantitative estimate of drug-likeness (QED) is 0.661. The molecule has 0 saturated carbocycles. The third-order valence-electron chi connectivity index (χ3n) is 2.89. The van der Waals surface area contributed by atoms with Crippen molar-refractivity contribution in [1.29, 1.82) is 0 Å². The van der Waals surface area contributed by atoms with Crippen molar-refractivity contribution < 1.29 is 23.1 Å². The minimum absolute atomic E-state index is 0.579. The van der Waals surface area contributed by atoms with Gasteiger partial charge in [-0.05, 0) is 18.4 Å². The summed E-state index contributed by atoms with van der Waals surface area (Å²) in [5.41, 5.74) is 8.47. The predicted molar refractivity (Wildman–Crippen MR) is 84.3 cm³/mol. The molecular weight excluding hydrogens is 347 g/mol. The lowest BCUT2D eigenvalue weighted by Crippen LogP contribution is -2.21. The van der Waals surface area contributed by atoms with Crippen molar-refractivity contribution in [3.05, 3.63) is 23.3 Å². The Morgan fingerprint density at radius 3 is 2.75 bits per heavy atom. The van der Waals surface area contributed by atoms with E-state index in [1.807, 2.05) is 24.6 Å². The number of rotatable bonds is 3. The lowest BCUT2D eigenvalue weighted by molar-refractivity contribution is -0.192. The molecule has 3 aromatic heterocycles. The van der Waals surface area contributed by atoms with Crippen LogP contribution in [0.2, 0.25) is 0 Å². The van der Waals surface area contributed by atoms with Crippen LogP contribution in [0.5, 0.6) is 0 Å². The number of halogens is 3. The summed E-state index contributed by atoms with van der Waals surface area (Å²) in [6.07, 6.45) is -3.22. The number of carboxylic acid groups (broad SMARTS) is 1. The molecule has 0 aliphatic rings. The highest BCUT2D eigenvalue weighted by molar-refractivity contribution is 7.16. The van der Waals surface area contributed by atoms with Crippen molar-refractivity contribution in [3.8, 4) is 0 Å². The van der Waals surface area contributed by atoms with Crippen molar-refractivity contribution in [1.82, 2.24) is 14.4 Å². The molecule has 11 heteroatoms. The van der Waals surface area contributed by atoms with E-state index in [1.165, 1.54) is 0 Å². The first kappa shape index (κ1) is 17.9. The number of hydrogen-bond donors (Lipinski definition) is 3. The zero-order valence-corrected chi connectivity index (χ0v) is 13.3. The van der Waals surface area contributed by atoms with Crippen LogP contribution in [0.1, 0.15) is 5.69 Å². The Labute approximate surface area is 137 Å². The number of aromatic nitrogens is 3. The molecule has 3 aromatic rings. The van der Waals surface area contributed by atoms with Crippen LogP contribution >= 0.6 is 11.3 Å². The molecule has 0 fully saturated rings. The van der Waals surface area contributed by atoms with Crippen LogP contribution in [-0.2, 0) is 4.79 Å². The van der Waals surface area contributed by atoms with Gasteiger partial charge in [0, 0.05) is 25.0 Å². The molecule has 0 bridgehead atoms. The lowest BCUT2D eigenvalue weighted by Gasteiger charge is -2.07. The second-order valence-electron chi connectivity index (χ2n) is 4.65. The van der Waals surface area contributed by atoms with Crippen molar-refractivity contribution in [2.75, 3.05) is 18.4 Å².